The molecule has 0 aromatic heterocycles. The maximum atomic E-state index is 6.83. The van der Waals surface area contributed by atoms with E-state index in [1.54, 1.807) is 0 Å². The summed E-state index contributed by atoms with van der Waals surface area (Å²) in [5.74, 6) is 0. The van der Waals surface area contributed by atoms with Gasteiger partial charge in [-0.2, -0.15) is 0 Å². The van der Waals surface area contributed by atoms with Gasteiger partial charge >= 0.3 is 0 Å². The molecule has 1 aliphatic rings. The van der Waals surface area contributed by atoms with Crippen molar-refractivity contribution < 1.29 is 0 Å². The van der Waals surface area contributed by atoms with E-state index in [9.17, 15) is 0 Å². The Morgan fingerprint density at radius 2 is 1.27 bits per heavy atom. The molecule has 2 nitrogen and oxygen atoms in total. The number of rotatable bonds is 5. The van der Waals surface area contributed by atoms with Gasteiger partial charge in [-0.1, -0.05) is 111 Å². The lowest BCUT2D eigenvalue weighted by atomic mass is 9.82. The summed E-state index contributed by atoms with van der Waals surface area (Å²) in [6.07, 6.45) is 4.06. The second kappa shape index (κ2) is 9.83. The normalized spacial score (nSPS) is 13.3. The van der Waals surface area contributed by atoms with Gasteiger partial charge in [0.15, 0.2) is 0 Å². The van der Waals surface area contributed by atoms with Crippen LogP contribution in [0, 0.1) is 0 Å². The summed E-state index contributed by atoms with van der Waals surface area (Å²) in [5.41, 5.74) is 19.5. The van der Waals surface area contributed by atoms with E-state index in [2.05, 4.69) is 147 Å². The third-order valence-electron chi connectivity index (χ3n) is 8.48. The topological polar surface area (TPSA) is 38.0 Å². The Hall–Kier alpha value is -5.08. The predicted octanol–water partition coefficient (Wildman–Crippen LogP) is 10.1. The minimum absolute atomic E-state index is 0.0108. The Bertz CT molecular complexity index is 1950. The largest absolute Gasteiger partial charge is 0.398 e. The van der Waals surface area contributed by atoms with Gasteiger partial charge in [0.25, 0.3) is 0 Å². The number of hydrogen-bond acceptors (Lipinski definition) is 2. The quantitative estimate of drug-likeness (QED) is 0.218. The van der Waals surface area contributed by atoms with Crippen LogP contribution in [0.5, 0.6) is 0 Å². The van der Waals surface area contributed by atoms with Crippen molar-refractivity contribution in [2.45, 2.75) is 19.3 Å². The van der Waals surface area contributed by atoms with E-state index in [0.29, 0.717) is 0 Å². The first-order valence-corrected chi connectivity index (χ1v) is 14.1. The van der Waals surface area contributed by atoms with Crippen LogP contribution in [0.3, 0.4) is 0 Å². The average molecular weight is 529 g/mol. The molecule has 41 heavy (non-hydrogen) atoms. The number of hydrogen-bond donors (Lipinski definition) is 2. The van der Waals surface area contributed by atoms with E-state index in [0.717, 1.165) is 33.6 Å². The lowest BCUT2D eigenvalue weighted by Crippen LogP contribution is -2.14. The monoisotopic (exact) mass is 528 g/mol. The summed E-state index contributed by atoms with van der Waals surface area (Å²) < 4.78 is 0. The van der Waals surface area contributed by atoms with Crippen LogP contribution in [0.2, 0.25) is 0 Å². The molecule has 0 amide bonds. The SMILES string of the molecule is CC1(C)c2ccccc2-c2cc(-c3cc(/C=C/Nc4ccc5ccccc5c4)c(N)c(-c4ccccc4)c3)ccc21. The van der Waals surface area contributed by atoms with Crippen molar-refractivity contribution in [3.05, 3.63) is 150 Å². The van der Waals surface area contributed by atoms with Gasteiger partial charge in [0.2, 0.25) is 0 Å². The van der Waals surface area contributed by atoms with Gasteiger partial charge in [-0.05, 0) is 86.1 Å². The molecule has 0 saturated carbocycles. The molecule has 2 heteroatoms. The van der Waals surface area contributed by atoms with Gasteiger partial charge < -0.3 is 11.1 Å². The van der Waals surface area contributed by atoms with Crippen LogP contribution in [0.1, 0.15) is 30.5 Å². The standard InChI is InChI=1S/C39H32N2/c1-39(2)36-15-9-8-14-33(36)35-24-29(17-19-37(35)39)31-22-30(38(40)34(25-31)27-11-4-3-5-12-27)20-21-41-32-18-16-26-10-6-7-13-28(26)23-32/h3-25,41H,40H2,1-2H3/b21-20+. The molecular formula is C39H32N2. The first-order chi connectivity index (χ1) is 20.0. The van der Waals surface area contributed by atoms with E-state index in [1.165, 1.54) is 38.6 Å². The van der Waals surface area contributed by atoms with Gasteiger partial charge in [0.05, 0.1) is 0 Å². The summed E-state index contributed by atoms with van der Waals surface area (Å²) in [7, 11) is 0. The van der Waals surface area contributed by atoms with Crippen molar-refractivity contribution in [1.29, 1.82) is 0 Å². The van der Waals surface area contributed by atoms with E-state index in [1.807, 2.05) is 12.3 Å². The second-order valence-electron chi connectivity index (χ2n) is 11.4. The fraction of sp³-hybridized carbons (Fsp3) is 0.0769. The molecule has 0 saturated heterocycles. The fourth-order valence-corrected chi connectivity index (χ4v) is 6.24. The van der Waals surface area contributed by atoms with Crippen molar-refractivity contribution in [3.63, 3.8) is 0 Å². The maximum Gasteiger partial charge on any atom is 0.0468 e. The Morgan fingerprint density at radius 3 is 2.12 bits per heavy atom. The molecule has 0 heterocycles. The summed E-state index contributed by atoms with van der Waals surface area (Å²) in [6, 6.07) is 45.3. The number of nitrogens with two attached hydrogens (primary N) is 1. The third kappa shape index (κ3) is 4.38. The zero-order valence-corrected chi connectivity index (χ0v) is 23.4. The molecule has 0 atom stereocenters. The average Bonchev–Trinajstić information content (AvgIpc) is 3.24. The third-order valence-corrected chi connectivity index (χ3v) is 8.48. The molecule has 1 aliphatic carbocycles. The number of nitrogens with one attached hydrogen (secondary N) is 1. The Kier molecular flexibility index (Phi) is 5.98. The first kappa shape index (κ1) is 24.9. The lowest BCUT2D eigenvalue weighted by Gasteiger charge is -2.21. The second-order valence-corrected chi connectivity index (χ2v) is 11.4. The van der Waals surface area contributed by atoms with Crippen molar-refractivity contribution in [1.82, 2.24) is 0 Å². The smallest absolute Gasteiger partial charge is 0.0468 e. The number of fused-ring (bicyclic) bond motifs is 4. The highest BCUT2D eigenvalue weighted by atomic mass is 14.8. The van der Waals surface area contributed by atoms with Gasteiger partial charge in [-0.3, -0.25) is 0 Å². The summed E-state index contributed by atoms with van der Waals surface area (Å²) in [4.78, 5) is 0. The summed E-state index contributed by atoms with van der Waals surface area (Å²) in [5, 5.41) is 5.89. The Balaban J connectivity index is 1.30. The lowest BCUT2D eigenvalue weighted by molar-refractivity contribution is 0.660. The minimum atomic E-state index is -0.0108. The zero-order valence-electron chi connectivity index (χ0n) is 23.4. The van der Waals surface area contributed by atoms with Crippen molar-refractivity contribution in [3.8, 4) is 33.4 Å². The van der Waals surface area contributed by atoms with Crippen LogP contribution in [0.25, 0.3) is 50.2 Å². The zero-order chi connectivity index (χ0) is 28.0. The molecule has 0 fully saturated rings. The van der Waals surface area contributed by atoms with E-state index < -0.39 is 0 Å². The highest BCUT2D eigenvalue weighted by molar-refractivity contribution is 5.91. The fourth-order valence-electron chi connectivity index (χ4n) is 6.24. The van der Waals surface area contributed by atoms with Crippen LogP contribution in [-0.4, -0.2) is 0 Å². The predicted molar refractivity (Wildman–Crippen MR) is 176 cm³/mol. The summed E-state index contributed by atoms with van der Waals surface area (Å²) >= 11 is 0. The molecule has 3 N–H and O–H groups in total. The molecular weight excluding hydrogens is 496 g/mol. The Labute approximate surface area is 241 Å². The molecule has 0 bridgehead atoms. The minimum Gasteiger partial charge on any atom is -0.398 e. The van der Waals surface area contributed by atoms with Gasteiger partial charge in [0.1, 0.15) is 0 Å². The van der Waals surface area contributed by atoms with Crippen LogP contribution >= 0.6 is 0 Å². The first-order valence-electron chi connectivity index (χ1n) is 14.1. The molecule has 7 rings (SSSR count). The number of nitrogen functional groups attached to an aromatic ring is 1. The van der Waals surface area contributed by atoms with Crippen LogP contribution in [0.15, 0.2) is 134 Å². The van der Waals surface area contributed by atoms with Crippen LogP contribution in [-0.2, 0) is 5.41 Å². The van der Waals surface area contributed by atoms with Crippen molar-refractivity contribution in [2.24, 2.45) is 0 Å². The summed E-state index contributed by atoms with van der Waals surface area (Å²) in [6.45, 7) is 4.64. The number of benzene rings is 6. The van der Waals surface area contributed by atoms with Crippen molar-refractivity contribution in [2.75, 3.05) is 11.1 Å². The van der Waals surface area contributed by atoms with Crippen molar-refractivity contribution >= 4 is 28.2 Å². The maximum absolute atomic E-state index is 6.83. The number of anilines is 2. The molecule has 6 aromatic carbocycles. The van der Waals surface area contributed by atoms with Crippen LogP contribution < -0.4 is 11.1 Å². The highest BCUT2D eigenvalue weighted by Crippen LogP contribution is 2.49. The van der Waals surface area contributed by atoms with E-state index >= 15 is 0 Å². The molecule has 6 aromatic rings. The Morgan fingerprint density at radius 1 is 0.561 bits per heavy atom. The van der Waals surface area contributed by atoms with Crippen LogP contribution in [0.4, 0.5) is 11.4 Å². The van der Waals surface area contributed by atoms with Gasteiger partial charge in [-0.15, -0.1) is 0 Å². The van der Waals surface area contributed by atoms with E-state index in [4.69, 9.17) is 5.73 Å². The van der Waals surface area contributed by atoms with E-state index in [-0.39, 0.29) is 5.41 Å². The van der Waals surface area contributed by atoms with Gasteiger partial charge in [-0.25, -0.2) is 0 Å². The molecule has 198 valence electrons. The molecule has 0 spiro atoms. The molecule has 0 aliphatic heterocycles. The molecule has 0 unspecified atom stereocenters. The molecule has 0 radical (unpaired) electrons. The highest BCUT2D eigenvalue weighted by Gasteiger charge is 2.35. The van der Waals surface area contributed by atoms with Gasteiger partial charge in [0, 0.05) is 34.1 Å².